The molecule has 0 radical (unpaired) electrons. The normalized spacial score (nSPS) is 32.4. The number of amides is 2. The van der Waals surface area contributed by atoms with Gasteiger partial charge in [-0.2, -0.15) is 0 Å². The average molecular weight is 296 g/mol. The fraction of sp³-hybridized carbons (Fsp3) is 0.875. The second-order valence-corrected chi connectivity index (χ2v) is 7.02. The highest BCUT2D eigenvalue weighted by molar-refractivity contribution is 6.02. The zero-order valence-corrected chi connectivity index (χ0v) is 12.8. The van der Waals surface area contributed by atoms with Crippen molar-refractivity contribution in [3.05, 3.63) is 0 Å². The lowest BCUT2D eigenvalue weighted by Gasteiger charge is -2.53. The predicted molar refractivity (Wildman–Crippen MR) is 77.4 cm³/mol. The Morgan fingerprint density at radius 2 is 1.90 bits per heavy atom. The number of rotatable bonds is 4. The third kappa shape index (κ3) is 2.25. The van der Waals surface area contributed by atoms with Crippen LogP contribution in [0, 0.1) is 5.92 Å². The van der Waals surface area contributed by atoms with Crippen molar-refractivity contribution in [3.63, 3.8) is 0 Å². The summed E-state index contributed by atoms with van der Waals surface area (Å²) in [6.45, 7) is 1.77. The zero-order valence-electron chi connectivity index (χ0n) is 12.8. The number of halogens is 1. The minimum absolute atomic E-state index is 0.00458. The third-order valence-corrected chi connectivity index (χ3v) is 5.59. The minimum atomic E-state index is -0.768. The van der Waals surface area contributed by atoms with Gasteiger partial charge in [-0.1, -0.05) is 19.3 Å². The Hall–Kier alpha value is -1.13. The standard InChI is InChI=1S/C16H25FN2O2/c1-15(12-6-7-12)14(21)19(11-5-10-17)16(13(20)18-15)8-3-2-4-9-16/h12H,2-11H2,1H3,(H,18,20). The summed E-state index contributed by atoms with van der Waals surface area (Å²) >= 11 is 0. The lowest BCUT2D eigenvalue weighted by molar-refractivity contribution is -0.166. The van der Waals surface area contributed by atoms with Crippen molar-refractivity contribution < 1.29 is 14.0 Å². The van der Waals surface area contributed by atoms with E-state index in [2.05, 4.69) is 5.32 Å². The van der Waals surface area contributed by atoms with E-state index in [1.54, 1.807) is 4.90 Å². The van der Waals surface area contributed by atoms with Crippen LogP contribution in [-0.4, -0.2) is 41.0 Å². The van der Waals surface area contributed by atoms with Crippen molar-refractivity contribution in [1.82, 2.24) is 10.2 Å². The maximum atomic E-state index is 13.0. The summed E-state index contributed by atoms with van der Waals surface area (Å²) in [5, 5.41) is 3.05. The van der Waals surface area contributed by atoms with E-state index in [0.717, 1.165) is 44.9 Å². The molecule has 2 aliphatic carbocycles. The topological polar surface area (TPSA) is 49.4 Å². The number of alkyl halides is 1. The highest BCUT2D eigenvalue weighted by atomic mass is 19.1. The summed E-state index contributed by atoms with van der Waals surface area (Å²) in [5.74, 6) is 0.262. The molecule has 0 bridgehead atoms. The van der Waals surface area contributed by atoms with Gasteiger partial charge in [-0.3, -0.25) is 14.0 Å². The summed E-state index contributed by atoms with van der Waals surface area (Å²) in [4.78, 5) is 27.6. The second kappa shape index (κ2) is 5.25. The summed E-state index contributed by atoms with van der Waals surface area (Å²) in [6.07, 6.45) is 6.79. The quantitative estimate of drug-likeness (QED) is 0.864. The number of carbonyl (C=O) groups is 2. The van der Waals surface area contributed by atoms with Crippen LogP contribution in [-0.2, 0) is 9.59 Å². The number of nitrogens with zero attached hydrogens (tertiary/aromatic N) is 1. The Morgan fingerprint density at radius 1 is 1.24 bits per heavy atom. The number of piperazine rings is 1. The molecule has 118 valence electrons. The van der Waals surface area contributed by atoms with Gasteiger partial charge in [-0.05, 0) is 44.9 Å². The molecule has 0 aromatic heterocycles. The predicted octanol–water partition coefficient (Wildman–Crippen LogP) is 2.18. The summed E-state index contributed by atoms with van der Waals surface area (Å²) in [5.41, 5.74) is -1.48. The second-order valence-electron chi connectivity index (χ2n) is 7.02. The van der Waals surface area contributed by atoms with Gasteiger partial charge in [0.15, 0.2) is 0 Å². The molecule has 0 aromatic rings. The van der Waals surface area contributed by atoms with Gasteiger partial charge < -0.3 is 10.2 Å². The molecule has 2 saturated carbocycles. The van der Waals surface area contributed by atoms with E-state index in [-0.39, 0.29) is 17.7 Å². The first-order valence-corrected chi connectivity index (χ1v) is 8.25. The van der Waals surface area contributed by atoms with E-state index >= 15 is 0 Å². The number of hydrogen-bond acceptors (Lipinski definition) is 2. The van der Waals surface area contributed by atoms with Crippen LogP contribution in [0.3, 0.4) is 0 Å². The van der Waals surface area contributed by atoms with Gasteiger partial charge in [-0.15, -0.1) is 0 Å². The average Bonchev–Trinajstić information content (AvgIpc) is 3.32. The molecule has 1 saturated heterocycles. The van der Waals surface area contributed by atoms with E-state index in [4.69, 9.17) is 0 Å². The highest BCUT2D eigenvalue weighted by Crippen LogP contribution is 2.46. The van der Waals surface area contributed by atoms with Crippen LogP contribution in [0.25, 0.3) is 0 Å². The van der Waals surface area contributed by atoms with Crippen molar-refractivity contribution in [2.75, 3.05) is 13.2 Å². The van der Waals surface area contributed by atoms with Crippen molar-refractivity contribution in [2.24, 2.45) is 5.92 Å². The van der Waals surface area contributed by atoms with Crippen molar-refractivity contribution >= 4 is 11.8 Å². The zero-order chi connectivity index (χ0) is 15.1. The Balaban J connectivity index is 1.92. The largest absolute Gasteiger partial charge is 0.340 e. The van der Waals surface area contributed by atoms with Crippen molar-refractivity contribution in [3.8, 4) is 0 Å². The van der Waals surface area contributed by atoms with Crippen LogP contribution >= 0.6 is 0 Å². The van der Waals surface area contributed by atoms with Crippen LogP contribution < -0.4 is 5.32 Å². The number of carbonyl (C=O) groups excluding carboxylic acids is 2. The molecule has 1 spiro atoms. The SMILES string of the molecule is CC1(C2CC2)NC(=O)C2(CCCCC2)N(CCCF)C1=O. The third-order valence-electron chi connectivity index (χ3n) is 5.59. The van der Waals surface area contributed by atoms with E-state index < -0.39 is 17.8 Å². The van der Waals surface area contributed by atoms with Crippen molar-refractivity contribution in [2.45, 2.75) is 69.4 Å². The fourth-order valence-electron chi connectivity index (χ4n) is 4.11. The van der Waals surface area contributed by atoms with E-state index in [1.165, 1.54) is 0 Å². The van der Waals surface area contributed by atoms with Gasteiger partial charge in [0.2, 0.25) is 11.8 Å². The molecule has 2 amide bonds. The number of nitrogens with one attached hydrogen (secondary N) is 1. The van der Waals surface area contributed by atoms with Gasteiger partial charge in [-0.25, -0.2) is 0 Å². The molecule has 3 fully saturated rings. The van der Waals surface area contributed by atoms with Crippen LogP contribution in [0.5, 0.6) is 0 Å². The maximum absolute atomic E-state index is 13.0. The Kier molecular flexibility index (Phi) is 3.70. The highest BCUT2D eigenvalue weighted by Gasteiger charge is 2.60. The summed E-state index contributed by atoms with van der Waals surface area (Å²) in [6, 6.07) is 0. The van der Waals surface area contributed by atoms with E-state index in [0.29, 0.717) is 13.0 Å². The molecular weight excluding hydrogens is 271 g/mol. The Morgan fingerprint density at radius 3 is 2.48 bits per heavy atom. The van der Waals surface area contributed by atoms with E-state index in [9.17, 15) is 14.0 Å². The molecule has 1 unspecified atom stereocenters. The van der Waals surface area contributed by atoms with Gasteiger partial charge in [0.05, 0.1) is 6.67 Å². The smallest absolute Gasteiger partial charge is 0.249 e. The monoisotopic (exact) mass is 296 g/mol. The fourth-order valence-corrected chi connectivity index (χ4v) is 4.11. The molecular formula is C16H25FN2O2. The van der Waals surface area contributed by atoms with Crippen LogP contribution in [0.1, 0.15) is 58.3 Å². The number of hydrogen-bond donors (Lipinski definition) is 1. The first-order valence-electron chi connectivity index (χ1n) is 8.25. The van der Waals surface area contributed by atoms with E-state index in [1.807, 2.05) is 6.92 Å². The molecule has 5 heteroatoms. The van der Waals surface area contributed by atoms with Gasteiger partial charge in [0.25, 0.3) is 0 Å². The van der Waals surface area contributed by atoms with Gasteiger partial charge >= 0.3 is 0 Å². The molecule has 3 aliphatic rings. The van der Waals surface area contributed by atoms with Gasteiger partial charge in [0.1, 0.15) is 11.1 Å². The molecule has 4 nitrogen and oxygen atoms in total. The van der Waals surface area contributed by atoms with Crippen LogP contribution in [0.15, 0.2) is 0 Å². The molecule has 1 atom stereocenters. The molecule has 1 heterocycles. The molecule has 0 aromatic carbocycles. The first-order chi connectivity index (χ1) is 10.0. The Bertz CT molecular complexity index is 444. The molecule has 21 heavy (non-hydrogen) atoms. The summed E-state index contributed by atoms with van der Waals surface area (Å²) in [7, 11) is 0. The minimum Gasteiger partial charge on any atom is -0.340 e. The lowest BCUT2D eigenvalue weighted by atomic mass is 9.74. The maximum Gasteiger partial charge on any atom is 0.249 e. The van der Waals surface area contributed by atoms with Gasteiger partial charge in [0, 0.05) is 6.54 Å². The van der Waals surface area contributed by atoms with Crippen LogP contribution in [0.4, 0.5) is 4.39 Å². The summed E-state index contributed by atoms with van der Waals surface area (Å²) < 4.78 is 12.7. The molecule has 1 aliphatic heterocycles. The molecule has 1 N–H and O–H groups in total. The van der Waals surface area contributed by atoms with Crippen molar-refractivity contribution in [1.29, 1.82) is 0 Å². The molecule has 3 rings (SSSR count). The lowest BCUT2D eigenvalue weighted by Crippen LogP contribution is -2.76. The Labute approximate surface area is 125 Å². The first kappa shape index (κ1) is 14.8. The van der Waals surface area contributed by atoms with Crippen LogP contribution in [0.2, 0.25) is 0 Å².